The molecule has 2 rings (SSSR count). The zero-order valence-corrected chi connectivity index (χ0v) is 10.5. The minimum Gasteiger partial charge on any atom is -0.367 e. The second-order valence-electron chi connectivity index (χ2n) is 4.92. The van der Waals surface area contributed by atoms with Crippen LogP contribution in [0.25, 0.3) is 0 Å². The second-order valence-corrected chi connectivity index (χ2v) is 4.92. The molecule has 3 nitrogen and oxygen atoms in total. The Morgan fingerprint density at radius 1 is 1.53 bits per heavy atom. The lowest BCUT2D eigenvalue weighted by molar-refractivity contribution is 0.579. The van der Waals surface area contributed by atoms with Crippen LogP contribution in [0.2, 0.25) is 0 Å². The van der Waals surface area contributed by atoms with Crippen LogP contribution in [0.15, 0.2) is 18.2 Å². The molecule has 3 heteroatoms. The summed E-state index contributed by atoms with van der Waals surface area (Å²) in [6.07, 6.45) is 1.12. The molecule has 0 saturated carbocycles. The van der Waals surface area contributed by atoms with Crippen LogP contribution in [0.5, 0.6) is 0 Å². The summed E-state index contributed by atoms with van der Waals surface area (Å²) in [6, 6.07) is 8.67. The average molecular weight is 229 g/mol. The van der Waals surface area contributed by atoms with Crippen molar-refractivity contribution in [2.75, 3.05) is 18.0 Å². The summed E-state index contributed by atoms with van der Waals surface area (Å²) in [5, 5.41) is 9.21. The van der Waals surface area contributed by atoms with Crippen molar-refractivity contribution in [2.24, 2.45) is 11.7 Å². The molecular weight excluding hydrogens is 210 g/mol. The lowest BCUT2D eigenvalue weighted by Crippen LogP contribution is -2.29. The van der Waals surface area contributed by atoms with Crippen LogP contribution < -0.4 is 10.6 Å². The van der Waals surface area contributed by atoms with E-state index in [0.717, 1.165) is 30.8 Å². The maximum atomic E-state index is 9.21. The van der Waals surface area contributed by atoms with Crippen LogP contribution in [-0.2, 0) is 0 Å². The Kier molecular flexibility index (Phi) is 3.35. The summed E-state index contributed by atoms with van der Waals surface area (Å²) in [5.74, 6) is 0.552. The van der Waals surface area contributed by atoms with Crippen molar-refractivity contribution < 1.29 is 0 Å². The molecule has 0 radical (unpaired) electrons. The molecule has 17 heavy (non-hydrogen) atoms. The minimum absolute atomic E-state index is 0.469. The molecule has 1 fully saturated rings. The number of benzene rings is 1. The number of nitrogens with two attached hydrogens (primary N) is 1. The Bertz CT molecular complexity index is 447. The Hall–Kier alpha value is -1.53. The fourth-order valence-electron chi connectivity index (χ4n) is 2.76. The third-order valence-electron chi connectivity index (χ3n) is 3.64. The van der Waals surface area contributed by atoms with Gasteiger partial charge in [0.1, 0.15) is 6.07 Å². The summed E-state index contributed by atoms with van der Waals surface area (Å²) in [6.45, 7) is 5.98. The fraction of sp³-hybridized carbons (Fsp3) is 0.500. The van der Waals surface area contributed by atoms with Gasteiger partial charge in [0.25, 0.3) is 0 Å². The van der Waals surface area contributed by atoms with Gasteiger partial charge in [-0.25, -0.2) is 0 Å². The van der Waals surface area contributed by atoms with Gasteiger partial charge in [0.15, 0.2) is 0 Å². The molecule has 2 atom stereocenters. The molecule has 1 aliphatic rings. The standard InChI is InChI=1S/C14H19N3/c1-10-4-3-5-13(8-16)14(10)17-9-12(7-15)6-11(17)2/h3-5,11-12H,6-7,9,15H2,1-2H3. The van der Waals surface area contributed by atoms with Gasteiger partial charge in [-0.1, -0.05) is 12.1 Å². The number of anilines is 1. The van der Waals surface area contributed by atoms with Crippen molar-refractivity contribution in [1.82, 2.24) is 0 Å². The molecule has 1 aromatic carbocycles. The first kappa shape index (κ1) is 11.9. The van der Waals surface area contributed by atoms with Crippen molar-refractivity contribution in [1.29, 1.82) is 5.26 Å². The normalized spacial score (nSPS) is 23.8. The average Bonchev–Trinajstić information content (AvgIpc) is 2.70. The van der Waals surface area contributed by atoms with E-state index in [-0.39, 0.29) is 0 Å². The quantitative estimate of drug-likeness (QED) is 0.844. The fourth-order valence-corrected chi connectivity index (χ4v) is 2.76. The highest BCUT2D eigenvalue weighted by molar-refractivity contribution is 5.65. The molecule has 1 aliphatic heterocycles. The molecule has 2 N–H and O–H groups in total. The van der Waals surface area contributed by atoms with Gasteiger partial charge in [-0.3, -0.25) is 0 Å². The van der Waals surface area contributed by atoms with E-state index in [1.165, 1.54) is 5.56 Å². The third-order valence-corrected chi connectivity index (χ3v) is 3.64. The molecule has 0 amide bonds. The number of nitriles is 1. The molecule has 90 valence electrons. The SMILES string of the molecule is Cc1cccc(C#N)c1N1CC(CN)CC1C. The van der Waals surface area contributed by atoms with Gasteiger partial charge in [0, 0.05) is 12.6 Å². The van der Waals surface area contributed by atoms with E-state index in [4.69, 9.17) is 5.73 Å². The van der Waals surface area contributed by atoms with E-state index in [9.17, 15) is 5.26 Å². The molecule has 1 heterocycles. The van der Waals surface area contributed by atoms with Gasteiger partial charge >= 0.3 is 0 Å². The van der Waals surface area contributed by atoms with Crippen LogP contribution in [0, 0.1) is 24.2 Å². The maximum absolute atomic E-state index is 9.21. The Labute approximate surface area is 103 Å². The van der Waals surface area contributed by atoms with Crippen molar-refractivity contribution in [3.8, 4) is 6.07 Å². The summed E-state index contributed by atoms with van der Waals surface area (Å²) < 4.78 is 0. The first-order valence-corrected chi connectivity index (χ1v) is 6.13. The van der Waals surface area contributed by atoms with Gasteiger partial charge in [0.2, 0.25) is 0 Å². The van der Waals surface area contributed by atoms with Gasteiger partial charge in [-0.15, -0.1) is 0 Å². The largest absolute Gasteiger partial charge is 0.367 e. The van der Waals surface area contributed by atoms with Crippen molar-refractivity contribution in [2.45, 2.75) is 26.3 Å². The summed E-state index contributed by atoms with van der Waals surface area (Å²) in [4.78, 5) is 2.34. The van der Waals surface area contributed by atoms with Crippen LogP contribution in [-0.4, -0.2) is 19.1 Å². The highest BCUT2D eigenvalue weighted by Crippen LogP contribution is 2.33. The monoisotopic (exact) mass is 229 g/mol. The summed E-state index contributed by atoms with van der Waals surface area (Å²) >= 11 is 0. The first-order chi connectivity index (χ1) is 8.17. The van der Waals surface area contributed by atoms with Crippen LogP contribution in [0.1, 0.15) is 24.5 Å². The second kappa shape index (κ2) is 4.77. The predicted octanol–water partition coefficient (Wildman–Crippen LogP) is 2.04. The molecule has 1 aromatic rings. The highest BCUT2D eigenvalue weighted by atomic mass is 15.2. The van der Waals surface area contributed by atoms with Crippen LogP contribution in [0.4, 0.5) is 5.69 Å². The molecule has 0 aromatic heterocycles. The van der Waals surface area contributed by atoms with Crippen LogP contribution in [0.3, 0.4) is 0 Å². The molecule has 1 saturated heterocycles. The Morgan fingerprint density at radius 3 is 2.88 bits per heavy atom. The number of aryl methyl sites for hydroxylation is 1. The van der Waals surface area contributed by atoms with Crippen molar-refractivity contribution in [3.63, 3.8) is 0 Å². The number of rotatable bonds is 2. The highest BCUT2D eigenvalue weighted by Gasteiger charge is 2.30. The molecule has 0 aliphatic carbocycles. The molecule has 0 bridgehead atoms. The van der Waals surface area contributed by atoms with Crippen LogP contribution >= 0.6 is 0 Å². The third kappa shape index (κ3) is 2.13. The molecule has 2 unspecified atom stereocenters. The van der Waals surface area contributed by atoms with Gasteiger partial charge in [-0.05, 0) is 44.4 Å². The van der Waals surface area contributed by atoms with E-state index in [0.29, 0.717) is 12.0 Å². The number of nitrogens with zero attached hydrogens (tertiary/aromatic N) is 2. The Morgan fingerprint density at radius 2 is 2.29 bits per heavy atom. The van der Waals surface area contributed by atoms with E-state index in [1.54, 1.807) is 0 Å². The van der Waals surface area contributed by atoms with Gasteiger partial charge in [-0.2, -0.15) is 5.26 Å². The number of hydrogen-bond acceptors (Lipinski definition) is 3. The summed E-state index contributed by atoms with van der Waals surface area (Å²) in [5.41, 5.74) is 8.80. The van der Waals surface area contributed by atoms with Crippen molar-refractivity contribution >= 4 is 5.69 Å². The van der Waals surface area contributed by atoms with E-state index in [2.05, 4.69) is 30.9 Å². The molecule has 0 spiro atoms. The predicted molar refractivity (Wildman–Crippen MR) is 69.9 cm³/mol. The van der Waals surface area contributed by atoms with E-state index in [1.807, 2.05) is 12.1 Å². The van der Waals surface area contributed by atoms with Gasteiger partial charge in [0.05, 0.1) is 11.3 Å². The molecular formula is C14H19N3. The van der Waals surface area contributed by atoms with Crippen molar-refractivity contribution in [3.05, 3.63) is 29.3 Å². The minimum atomic E-state index is 0.469. The lowest BCUT2D eigenvalue weighted by atomic mass is 10.1. The zero-order valence-electron chi connectivity index (χ0n) is 10.5. The zero-order chi connectivity index (χ0) is 12.4. The first-order valence-electron chi connectivity index (χ1n) is 6.13. The number of hydrogen-bond donors (Lipinski definition) is 1. The van der Waals surface area contributed by atoms with E-state index >= 15 is 0 Å². The van der Waals surface area contributed by atoms with E-state index < -0.39 is 0 Å². The lowest BCUT2D eigenvalue weighted by Gasteiger charge is -2.26. The smallest absolute Gasteiger partial charge is 0.101 e. The number of para-hydroxylation sites is 1. The summed E-state index contributed by atoms with van der Waals surface area (Å²) in [7, 11) is 0. The maximum Gasteiger partial charge on any atom is 0.101 e. The van der Waals surface area contributed by atoms with Gasteiger partial charge < -0.3 is 10.6 Å². The Balaban J connectivity index is 2.38. The topological polar surface area (TPSA) is 53.0 Å².